The molecule has 0 aromatic heterocycles. The van der Waals surface area contributed by atoms with Gasteiger partial charge in [-0.25, -0.2) is 0 Å². The molecule has 0 aromatic rings. The lowest BCUT2D eigenvalue weighted by atomic mass is 9.94. The molecule has 18 heavy (non-hydrogen) atoms. The van der Waals surface area contributed by atoms with Crippen LogP contribution in [0.5, 0.6) is 0 Å². The lowest BCUT2D eigenvalue weighted by molar-refractivity contribution is -0.135. The van der Waals surface area contributed by atoms with Crippen LogP contribution in [0.4, 0.5) is 0 Å². The van der Waals surface area contributed by atoms with Crippen LogP contribution in [0.15, 0.2) is 0 Å². The van der Waals surface area contributed by atoms with E-state index in [4.69, 9.17) is 0 Å². The third-order valence-corrected chi connectivity index (χ3v) is 3.58. The van der Waals surface area contributed by atoms with Crippen LogP contribution in [0, 0.1) is 0 Å². The first-order chi connectivity index (χ1) is 8.77. The van der Waals surface area contributed by atoms with Crippen molar-refractivity contribution < 1.29 is 4.79 Å². The minimum Gasteiger partial charge on any atom is -0.343 e. The minimum absolute atomic E-state index is 0.293. The van der Waals surface area contributed by atoms with Crippen molar-refractivity contribution in [2.45, 2.75) is 65.8 Å². The number of hydrogen-bond acceptors (Lipinski definition) is 2. The van der Waals surface area contributed by atoms with Gasteiger partial charge in [0, 0.05) is 26.2 Å². The van der Waals surface area contributed by atoms with Gasteiger partial charge in [0.05, 0.1) is 6.54 Å². The summed E-state index contributed by atoms with van der Waals surface area (Å²) in [6, 6.07) is 0.696. The molecule has 0 bridgehead atoms. The van der Waals surface area contributed by atoms with E-state index in [1.165, 1.54) is 32.1 Å². The minimum atomic E-state index is 0.293. The van der Waals surface area contributed by atoms with Crippen molar-refractivity contribution in [3.63, 3.8) is 0 Å². The molecule has 3 heteroatoms. The monoisotopic (exact) mass is 256 g/mol. The molecule has 1 amide bonds. The van der Waals surface area contributed by atoms with Crippen molar-refractivity contribution in [2.75, 3.05) is 26.7 Å². The normalized spacial score (nSPS) is 21.6. The molecular formula is C15H32N2O. The molecule has 0 unspecified atom stereocenters. The summed E-state index contributed by atoms with van der Waals surface area (Å²) < 4.78 is 0. The third-order valence-electron chi connectivity index (χ3n) is 3.58. The van der Waals surface area contributed by atoms with Gasteiger partial charge in [0.1, 0.15) is 0 Å². The highest BCUT2D eigenvalue weighted by atomic mass is 16.2. The molecule has 2 fully saturated rings. The van der Waals surface area contributed by atoms with Crippen LogP contribution < -0.4 is 0 Å². The number of piperazine rings is 1. The summed E-state index contributed by atoms with van der Waals surface area (Å²) in [5.41, 5.74) is 0. The first-order valence-electron chi connectivity index (χ1n) is 7.75. The Kier molecular flexibility index (Phi) is 10.0. The Morgan fingerprint density at radius 3 is 2.00 bits per heavy atom. The number of carbonyl (C=O) groups is 1. The average Bonchev–Trinajstić information content (AvgIpc) is 2.47. The Bertz CT molecular complexity index is 213. The predicted molar refractivity (Wildman–Crippen MR) is 78.8 cm³/mol. The molecule has 0 N–H and O–H groups in total. The lowest BCUT2D eigenvalue weighted by Gasteiger charge is -2.39. The molecule has 3 nitrogen and oxygen atoms in total. The van der Waals surface area contributed by atoms with Crippen LogP contribution in [0.25, 0.3) is 0 Å². The highest BCUT2D eigenvalue weighted by molar-refractivity contribution is 5.78. The van der Waals surface area contributed by atoms with E-state index in [9.17, 15) is 4.79 Å². The zero-order valence-corrected chi connectivity index (χ0v) is 13.0. The third kappa shape index (κ3) is 5.38. The van der Waals surface area contributed by atoms with Gasteiger partial charge >= 0.3 is 0 Å². The van der Waals surface area contributed by atoms with Crippen LogP contribution in [0.2, 0.25) is 0 Å². The predicted octanol–water partition coefficient (Wildman–Crippen LogP) is 3.15. The van der Waals surface area contributed by atoms with Crippen molar-refractivity contribution in [3.8, 4) is 0 Å². The molecule has 1 aliphatic carbocycles. The van der Waals surface area contributed by atoms with Crippen LogP contribution in [-0.2, 0) is 4.79 Å². The first-order valence-corrected chi connectivity index (χ1v) is 7.75. The lowest BCUT2D eigenvalue weighted by Crippen LogP contribution is -2.52. The van der Waals surface area contributed by atoms with Gasteiger partial charge in [0.25, 0.3) is 0 Å². The SMILES string of the molecule is CC.CC.CN1CCN(C2CCCCC2)CC1=O. The van der Waals surface area contributed by atoms with Crippen molar-refractivity contribution in [2.24, 2.45) is 0 Å². The van der Waals surface area contributed by atoms with Crippen molar-refractivity contribution in [1.82, 2.24) is 9.80 Å². The number of hydrogen-bond donors (Lipinski definition) is 0. The van der Waals surface area contributed by atoms with E-state index in [0.29, 0.717) is 18.5 Å². The number of amides is 1. The highest BCUT2D eigenvalue weighted by Gasteiger charge is 2.27. The molecule has 1 heterocycles. The Hall–Kier alpha value is -0.570. The maximum Gasteiger partial charge on any atom is 0.236 e. The number of nitrogens with zero attached hydrogens (tertiary/aromatic N) is 2. The second-order valence-corrected chi connectivity index (χ2v) is 4.58. The first kappa shape index (κ1) is 17.4. The summed E-state index contributed by atoms with van der Waals surface area (Å²) in [7, 11) is 1.90. The van der Waals surface area contributed by atoms with Gasteiger partial charge in [-0.1, -0.05) is 47.0 Å². The van der Waals surface area contributed by atoms with Crippen molar-refractivity contribution in [1.29, 1.82) is 0 Å². The summed E-state index contributed by atoms with van der Waals surface area (Å²) >= 11 is 0. The van der Waals surface area contributed by atoms with E-state index in [0.717, 1.165) is 13.1 Å². The van der Waals surface area contributed by atoms with E-state index >= 15 is 0 Å². The van der Waals surface area contributed by atoms with Crippen LogP contribution in [-0.4, -0.2) is 48.4 Å². The molecule has 0 spiro atoms. The summed E-state index contributed by atoms with van der Waals surface area (Å²) in [5.74, 6) is 0.293. The molecular weight excluding hydrogens is 224 g/mol. The fourth-order valence-corrected chi connectivity index (χ4v) is 2.53. The molecule has 1 saturated heterocycles. The van der Waals surface area contributed by atoms with Gasteiger partial charge in [-0.2, -0.15) is 0 Å². The average molecular weight is 256 g/mol. The van der Waals surface area contributed by atoms with Crippen LogP contribution in [0.1, 0.15) is 59.8 Å². The number of likely N-dealkylation sites (N-methyl/N-ethyl adjacent to an activating group) is 1. The maximum absolute atomic E-state index is 11.5. The summed E-state index contributed by atoms with van der Waals surface area (Å²) in [4.78, 5) is 15.8. The molecule has 0 aromatic carbocycles. The number of rotatable bonds is 1. The van der Waals surface area contributed by atoms with E-state index in [1.54, 1.807) is 0 Å². The van der Waals surface area contributed by atoms with Gasteiger partial charge in [-0.15, -0.1) is 0 Å². The largest absolute Gasteiger partial charge is 0.343 e. The van der Waals surface area contributed by atoms with Crippen LogP contribution >= 0.6 is 0 Å². The number of carbonyl (C=O) groups excluding carboxylic acids is 1. The van der Waals surface area contributed by atoms with Gasteiger partial charge in [-0.05, 0) is 12.8 Å². The molecule has 1 saturated carbocycles. The summed E-state index contributed by atoms with van der Waals surface area (Å²) in [6.07, 6.45) is 6.70. The van der Waals surface area contributed by atoms with Crippen LogP contribution in [0.3, 0.4) is 0 Å². The second-order valence-electron chi connectivity index (χ2n) is 4.58. The van der Waals surface area contributed by atoms with E-state index < -0.39 is 0 Å². The zero-order valence-electron chi connectivity index (χ0n) is 13.0. The smallest absolute Gasteiger partial charge is 0.236 e. The Labute approximate surface area is 114 Å². The van der Waals surface area contributed by atoms with E-state index in [2.05, 4.69) is 4.90 Å². The zero-order chi connectivity index (χ0) is 14.0. The van der Waals surface area contributed by atoms with E-state index in [1.807, 2.05) is 39.6 Å². The molecule has 0 radical (unpaired) electrons. The van der Waals surface area contributed by atoms with Gasteiger partial charge < -0.3 is 4.90 Å². The Morgan fingerprint density at radius 1 is 0.944 bits per heavy atom. The highest BCUT2D eigenvalue weighted by Crippen LogP contribution is 2.23. The van der Waals surface area contributed by atoms with Gasteiger partial charge in [-0.3, -0.25) is 9.69 Å². The fraction of sp³-hybridized carbons (Fsp3) is 0.933. The molecule has 2 rings (SSSR count). The maximum atomic E-state index is 11.5. The fourth-order valence-electron chi connectivity index (χ4n) is 2.53. The summed E-state index contributed by atoms with van der Waals surface area (Å²) in [5, 5.41) is 0. The van der Waals surface area contributed by atoms with E-state index in [-0.39, 0.29) is 0 Å². The Balaban J connectivity index is 0.000000659. The molecule has 0 atom stereocenters. The van der Waals surface area contributed by atoms with Gasteiger partial charge in [0.15, 0.2) is 0 Å². The molecule has 1 aliphatic heterocycles. The summed E-state index contributed by atoms with van der Waals surface area (Å²) in [6.45, 7) is 10.6. The topological polar surface area (TPSA) is 23.6 Å². The quantitative estimate of drug-likeness (QED) is 0.719. The van der Waals surface area contributed by atoms with Crippen molar-refractivity contribution >= 4 is 5.91 Å². The second kappa shape index (κ2) is 10.4. The van der Waals surface area contributed by atoms with Crippen molar-refractivity contribution in [3.05, 3.63) is 0 Å². The Morgan fingerprint density at radius 2 is 1.50 bits per heavy atom. The van der Waals surface area contributed by atoms with Gasteiger partial charge in [0.2, 0.25) is 5.91 Å². The molecule has 2 aliphatic rings. The molecule has 108 valence electrons. The standard InChI is InChI=1S/C11H20N2O.2C2H6/c1-12-7-8-13(9-11(12)14)10-5-3-2-4-6-10;2*1-2/h10H,2-9H2,1H3;2*1-2H3.